The largest absolute Gasteiger partial charge is 0.384 e. The number of thiophene rings is 1. The number of nitrogens with one attached hydrogen (secondary N) is 1. The maximum absolute atomic E-state index is 12.1. The molecule has 0 atom stereocenters. The molecule has 0 spiro atoms. The summed E-state index contributed by atoms with van der Waals surface area (Å²) < 4.78 is 0. The number of aliphatic hydroxyl groups is 1. The summed E-state index contributed by atoms with van der Waals surface area (Å²) in [5.41, 5.74) is 3.55. The predicted molar refractivity (Wildman–Crippen MR) is 85.5 cm³/mol. The Labute approximate surface area is 128 Å². The number of benzene rings is 1. The summed E-state index contributed by atoms with van der Waals surface area (Å²) in [5.74, 6) is 5.33. The molecule has 21 heavy (non-hydrogen) atoms. The third kappa shape index (κ3) is 4.75. The summed E-state index contributed by atoms with van der Waals surface area (Å²) in [6, 6.07) is 7.54. The van der Waals surface area contributed by atoms with Gasteiger partial charge in [0.1, 0.15) is 6.61 Å². The van der Waals surface area contributed by atoms with Crippen LogP contribution in [-0.2, 0) is 6.42 Å². The van der Waals surface area contributed by atoms with Crippen LogP contribution in [0.2, 0.25) is 0 Å². The summed E-state index contributed by atoms with van der Waals surface area (Å²) >= 11 is 1.66. The topological polar surface area (TPSA) is 49.3 Å². The minimum atomic E-state index is -0.184. The van der Waals surface area contributed by atoms with Gasteiger partial charge < -0.3 is 10.4 Å². The van der Waals surface area contributed by atoms with E-state index in [1.807, 2.05) is 24.4 Å². The van der Waals surface area contributed by atoms with Crippen LogP contribution < -0.4 is 5.32 Å². The van der Waals surface area contributed by atoms with Crippen molar-refractivity contribution in [1.82, 2.24) is 5.32 Å². The van der Waals surface area contributed by atoms with E-state index in [9.17, 15) is 4.79 Å². The molecule has 2 N–H and O–H groups in total. The van der Waals surface area contributed by atoms with Crippen LogP contribution in [0, 0.1) is 18.8 Å². The second kappa shape index (κ2) is 7.63. The molecule has 0 unspecified atom stereocenters. The second-order valence-electron chi connectivity index (χ2n) is 4.69. The Morgan fingerprint density at radius 3 is 2.95 bits per heavy atom. The molecule has 108 valence electrons. The predicted octanol–water partition coefficient (Wildman–Crippen LogP) is 2.37. The molecule has 2 rings (SSSR count). The molecule has 1 aromatic carbocycles. The van der Waals surface area contributed by atoms with Crippen molar-refractivity contribution in [3.63, 3.8) is 0 Å². The molecule has 0 radical (unpaired) electrons. The third-order valence-electron chi connectivity index (χ3n) is 2.93. The molecule has 0 aliphatic carbocycles. The molecule has 0 aliphatic heterocycles. The first-order valence-corrected chi connectivity index (χ1v) is 7.64. The maximum Gasteiger partial charge on any atom is 0.251 e. The number of amides is 1. The smallest absolute Gasteiger partial charge is 0.251 e. The van der Waals surface area contributed by atoms with Gasteiger partial charge in [0.2, 0.25) is 0 Å². The number of hydrogen-bond acceptors (Lipinski definition) is 3. The molecule has 0 aliphatic rings. The van der Waals surface area contributed by atoms with Gasteiger partial charge in [-0.3, -0.25) is 4.79 Å². The SMILES string of the molecule is Cc1cc(C#CCO)cc(C(=O)NCCc2ccsc2)c1. The first-order chi connectivity index (χ1) is 10.2. The number of carbonyl (C=O) groups excluding carboxylic acids is 1. The first kappa shape index (κ1) is 15.3. The van der Waals surface area contributed by atoms with Gasteiger partial charge >= 0.3 is 0 Å². The number of aliphatic hydroxyl groups excluding tert-OH is 1. The summed E-state index contributed by atoms with van der Waals surface area (Å²) in [5, 5.41) is 15.8. The van der Waals surface area contributed by atoms with E-state index in [4.69, 9.17) is 5.11 Å². The van der Waals surface area contributed by atoms with E-state index < -0.39 is 0 Å². The monoisotopic (exact) mass is 299 g/mol. The number of aryl methyl sites for hydroxylation is 1. The standard InChI is InChI=1S/C17H17NO2S/c1-13-9-15(3-2-7-19)11-16(10-13)17(20)18-6-4-14-5-8-21-12-14/h5,8-12,19H,4,6-7H2,1H3,(H,18,20). The molecular weight excluding hydrogens is 282 g/mol. The quantitative estimate of drug-likeness (QED) is 0.852. The van der Waals surface area contributed by atoms with Gasteiger partial charge in [-0.2, -0.15) is 11.3 Å². The zero-order chi connectivity index (χ0) is 15.1. The molecule has 0 saturated carbocycles. The Kier molecular flexibility index (Phi) is 5.56. The van der Waals surface area contributed by atoms with E-state index in [-0.39, 0.29) is 12.5 Å². The molecule has 0 bridgehead atoms. The van der Waals surface area contributed by atoms with Gasteiger partial charge in [0.05, 0.1) is 0 Å². The van der Waals surface area contributed by atoms with Crippen LogP contribution in [0.1, 0.15) is 27.0 Å². The van der Waals surface area contributed by atoms with Crippen LogP contribution in [0.25, 0.3) is 0 Å². The van der Waals surface area contributed by atoms with Crippen molar-refractivity contribution in [3.8, 4) is 11.8 Å². The van der Waals surface area contributed by atoms with E-state index in [0.717, 1.165) is 17.5 Å². The van der Waals surface area contributed by atoms with Gasteiger partial charge in [0.15, 0.2) is 0 Å². The summed E-state index contributed by atoms with van der Waals surface area (Å²) in [4.78, 5) is 12.1. The van der Waals surface area contributed by atoms with Gasteiger partial charge in [-0.1, -0.05) is 11.8 Å². The van der Waals surface area contributed by atoms with E-state index in [2.05, 4.69) is 28.6 Å². The molecular formula is C17H17NO2S. The van der Waals surface area contributed by atoms with Gasteiger partial charge in [-0.15, -0.1) is 0 Å². The highest BCUT2D eigenvalue weighted by atomic mass is 32.1. The van der Waals surface area contributed by atoms with Gasteiger partial charge in [-0.05, 0) is 59.5 Å². The van der Waals surface area contributed by atoms with Crippen molar-refractivity contribution in [2.45, 2.75) is 13.3 Å². The third-order valence-corrected chi connectivity index (χ3v) is 3.66. The maximum atomic E-state index is 12.1. The van der Waals surface area contributed by atoms with Crippen molar-refractivity contribution in [3.05, 3.63) is 57.3 Å². The first-order valence-electron chi connectivity index (χ1n) is 6.70. The van der Waals surface area contributed by atoms with Crippen molar-refractivity contribution < 1.29 is 9.90 Å². The summed E-state index contributed by atoms with van der Waals surface area (Å²) in [7, 11) is 0. The lowest BCUT2D eigenvalue weighted by atomic mass is 10.1. The van der Waals surface area contributed by atoms with Crippen LogP contribution in [0.3, 0.4) is 0 Å². The molecule has 0 fully saturated rings. The molecule has 3 nitrogen and oxygen atoms in total. The van der Waals surface area contributed by atoms with Crippen LogP contribution in [0.4, 0.5) is 0 Å². The Balaban J connectivity index is 1.99. The van der Waals surface area contributed by atoms with Crippen LogP contribution >= 0.6 is 11.3 Å². The lowest BCUT2D eigenvalue weighted by Gasteiger charge is -2.06. The van der Waals surface area contributed by atoms with Crippen molar-refractivity contribution in [2.75, 3.05) is 13.2 Å². The highest BCUT2D eigenvalue weighted by Crippen LogP contribution is 2.10. The second-order valence-corrected chi connectivity index (χ2v) is 5.47. The van der Waals surface area contributed by atoms with Crippen molar-refractivity contribution in [2.24, 2.45) is 0 Å². The fourth-order valence-electron chi connectivity index (χ4n) is 1.99. The number of hydrogen-bond donors (Lipinski definition) is 2. The fraction of sp³-hybridized carbons (Fsp3) is 0.235. The average molecular weight is 299 g/mol. The zero-order valence-electron chi connectivity index (χ0n) is 11.8. The van der Waals surface area contributed by atoms with E-state index >= 15 is 0 Å². The fourth-order valence-corrected chi connectivity index (χ4v) is 2.69. The van der Waals surface area contributed by atoms with E-state index in [1.165, 1.54) is 5.56 Å². The van der Waals surface area contributed by atoms with Crippen molar-refractivity contribution in [1.29, 1.82) is 0 Å². The highest BCUT2D eigenvalue weighted by Gasteiger charge is 2.06. The molecule has 4 heteroatoms. The Hall–Kier alpha value is -2.09. The lowest BCUT2D eigenvalue weighted by Crippen LogP contribution is -2.25. The van der Waals surface area contributed by atoms with E-state index in [0.29, 0.717) is 12.1 Å². The molecule has 2 aromatic rings. The van der Waals surface area contributed by atoms with Gasteiger partial charge in [0.25, 0.3) is 5.91 Å². The highest BCUT2D eigenvalue weighted by molar-refractivity contribution is 7.07. The molecule has 1 amide bonds. The van der Waals surface area contributed by atoms with Crippen LogP contribution in [-0.4, -0.2) is 24.2 Å². The summed E-state index contributed by atoms with van der Waals surface area (Å²) in [6.07, 6.45) is 0.832. The molecule has 0 saturated heterocycles. The van der Waals surface area contributed by atoms with Gasteiger partial charge in [0, 0.05) is 17.7 Å². The number of rotatable bonds is 4. The number of carbonyl (C=O) groups is 1. The summed E-state index contributed by atoms with van der Waals surface area (Å²) in [6.45, 7) is 2.35. The minimum absolute atomic E-state index is 0.0963. The van der Waals surface area contributed by atoms with Gasteiger partial charge in [-0.25, -0.2) is 0 Å². The molecule has 1 heterocycles. The minimum Gasteiger partial charge on any atom is -0.384 e. The van der Waals surface area contributed by atoms with Crippen molar-refractivity contribution >= 4 is 17.2 Å². The Morgan fingerprint density at radius 2 is 2.24 bits per heavy atom. The van der Waals surface area contributed by atoms with Crippen LogP contribution in [0.5, 0.6) is 0 Å². The van der Waals surface area contributed by atoms with E-state index in [1.54, 1.807) is 17.4 Å². The average Bonchev–Trinajstić information content (AvgIpc) is 2.97. The molecule has 1 aromatic heterocycles. The zero-order valence-corrected chi connectivity index (χ0v) is 12.7. The Bertz CT molecular complexity index is 666. The van der Waals surface area contributed by atoms with Crippen LogP contribution in [0.15, 0.2) is 35.0 Å². The normalized spacial score (nSPS) is 9.81. The lowest BCUT2D eigenvalue weighted by molar-refractivity contribution is 0.0954. The Morgan fingerprint density at radius 1 is 1.38 bits per heavy atom.